The first-order chi connectivity index (χ1) is 7.38. The Hall–Kier alpha value is -1.36. The average Bonchev–Trinajstić information content (AvgIpc) is 2.17. The Morgan fingerprint density at radius 1 is 1.75 bits per heavy atom. The number of carboxylic acids is 1. The van der Waals surface area contributed by atoms with Crippen molar-refractivity contribution in [3.63, 3.8) is 0 Å². The molecular formula is C11H18N2O3. The number of amides is 1. The number of hydrogen-bond donors (Lipinski definition) is 2. The van der Waals surface area contributed by atoms with Crippen LogP contribution < -0.4 is 5.32 Å². The molecule has 0 aliphatic carbocycles. The van der Waals surface area contributed by atoms with Crippen molar-refractivity contribution in [3.8, 4) is 0 Å². The Balaban J connectivity index is 2.80. The summed E-state index contributed by atoms with van der Waals surface area (Å²) in [6.45, 7) is 8.53. The number of carboxylic acid groups (broad SMARTS) is 1. The zero-order chi connectivity index (χ0) is 12.3. The van der Waals surface area contributed by atoms with E-state index < -0.39 is 12.0 Å². The number of rotatable bonds is 4. The quantitative estimate of drug-likeness (QED) is 0.673. The molecule has 1 aliphatic heterocycles. The van der Waals surface area contributed by atoms with E-state index in [0.29, 0.717) is 13.1 Å². The zero-order valence-electron chi connectivity index (χ0n) is 9.69. The van der Waals surface area contributed by atoms with Gasteiger partial charge in [0.25, 0.3) is 0 Å². The monoisotopic (exact) mass is 226 g/mol. The second kappa shape index (κ2) is 4.65. The van der Waals surface area contributed by atoms with Crippen molar-refractivity contribution in [2.75, 3.05) is 13.1 Å². The highest BCUT2D eigenvalue weighted by molar-refractivity contribution is 5.87. The Morgan fingerprint density at radius 3 is 2.88 bits per heavy atom. The van der Waals surface area contributed by atoms with E-state index in [0.717, 1.165) is 0 Å². The predicted octanol–water partition coefficient (Wildman–Crippen LogP) is 0.226. The largest absolute Gasteiger partial charge is 0.481 e. The van der Waals surface area contributed by atoms with Crippen molar-refractivity contribution in [1.29, 1.82) is 0 Å². The average molecular weight is 226 g/mol. The van der Waals surface area contributed by atoms with Crippen LogP contribution in [0.15, 0.2) is 12.7 Å². The molecule has 0 aromatic rings. The summed E-state index contributed by atoms with van der Waals surface area (Å²) in [7, 11) is 0. The third-order valence-corrected chi connectivity index (χ3v) is 2.77. The highest BCUT2D eigenvalue weighted by Gasteiger charge is 2.39. The molecule has 1 fully saturated rings. The van der Waals surface area contributed by atoms with E-state index in [4.69, 9.17) is 5.11 Å². The molecule has 1 rings (SSSR count). The second-order valence-corrected chi connectivity index (χ2v) is 4.58. The van der Waals surface area contributed by atoms with Crippen molar-refractivity contribution in [3.05, 3.63) is 12.7 Å². The maximum atomic E-state index is 12.0. The molecule has 1 amide bonds. The van der Waals surface area contributed by atoms with Gasteiger partial charge in [-0.2, -0.15) is 0 Å². The van der Waals surface area contributed by atoms with Crippen LogP contribution in [-0.4, -0.2) is 46.6 Å². The number of carbonyl (C=O) groups is 2. The van der Waals surface area contributed by atoms with Gasteiger partial charge >= 0.3 is 5.97 Å². The highest BCUT2D eigenvalue weighted by atomic mass is 16.4. The third-order valence-electron chi connectivity index (χ3n) is 2.77. The lowest BCUT2D eigenvalue weighted by Crippen LogP contribution is -2.65. The number of hydrogen-bond acceptors (Lipinski definition) is 3. The molecule has 5 heteroatoms. The zero-order valence-corrected chi connectivity index (χ0v) is 9.69. The lowest BCUT2D eigenvalue weighted by atomic mass is 9.95. The first-order valence-electron chi connectivity index (χ1n) is 5.26. The molecule has 2 N–H and O–H groups in total. The van der Waals surface area contributed by atoms with Gasteiger partial charge in [0.1, 0.15) is 0 Å². The predicted molar refractivity (Wildman–Crippen MR) is 60.0 cm³/mol. The maximum absolute atomic E-state index is 12.0. The molecule has 1 unspecified atom stereocenters. The van der Waals surface area contributed by atoms with E-state index >= 15 is 0 Å². The highest BCUT2D eigenvalue weighted by Crippen LogP contribution is 2.20. The molecule has 1 aliphatic rings. The van der Waals surface area contributed by atoms with Gasteiger partial charge in [0.15, 0.2) is 0 Å². The van der Waals surface area contributed by atoms with Crippen molar-refractivity contribution in [1.82, 2.24) is 10.2 Å². The van der Waals surface area contributed by atoms with Crippen molar-refractivity contribution in [2.45, 2.75) is 31.8 Å². The molecule has 1 atom stereocenters. The molecule has 0 aromatic carbocycles. The van der Waals surface area contributed by atoms with E-state index in [1.807, 2.05) is 13.8 Å². The topological polar surface area (TPSA) is 69.6 Å². The minimum atomic E-state index is -0.968. The van der Waals surface area contributed by atoms with Crippen molar-refractivity contribution >= 4 is 11.9 Å². The molecule has 1 heterocycles. The van der Waals surface area contributed by atoms with Crippen LogP contribution in [0.3, 0.4) is 0 Å². The molecule has 5 nitrogen and oxygen atoms in total. The smallest absolute Gasteiger partial charge is 0.305 e. The lowest BCUT2D eigenvalue weighted by molar-refractivity contribution is -0.147. The van der Waals surface area contributed by atoms with Crippen molar-refractivity contribution < 1.29 is 14.7 Å². The third kappa shape index (κ3) is 2.61. The molecule has 90 valence electrons. The normalized spacial score (nSPS) is 24.2. The fourth-order valence-corrected chi connectivity index (χ4v) is 1.84. The van der Waals surface area contributed by atoms with Crippen LogP contribution in [0.5, 0.6) is 0 Å². The first-order valence-corrected chi connectivity index (χ1v) is 5.26. The first kappa shape index (κ1) is 12.7. The summed E-state index contributed by atoms with van der Waals surface area (Å²) in [5, 5.41) is 11.7. The molecule has 0 bridgehead atoms. The van der Waals surface area contributed by atoms with Gasteiger partial charge in [-0.15, -0.1) is 6.58 Å². The second-order valence-electron chi connectivity index (χ2n) is 4.58. The Labute approximate surface area is 95.1 Å². The van der Waals surface area contributed by atoms with E-state index in [-0.39, 0.29) is 17.9 Å². The van der Waals surface area contributed by atoms with Crippen LogP contribution in [0.1, 0.15) is 20.3 Å². The SMILES string of the molecule is C=CCN1C(=O)C(CC(=O)O)NCC1(C)C. The molecule has 0 aromatic heterocycles. The summed E-state index contributed by atoms with van der Waals surface area (Å²) in [6.07, 6.45) is 1.48. The number of aliphatic carboxylic acids is 1. The Kier molecular flexibility index (Phi) is 3.70. The van der Waals surface area contributed by atoms with Gasteiger partial charge in [-0.1, -0.05) is 6.08 Å². The summed E-state index contributed by atoms with van der Waals surface area (Å²) in [5.41, 5.74) is -0.305. The summed E-state index contributed by atoms with van der Waals surface area (Å²) < 4.78 is 0. The minimum Gasteiger partial charge on any atom is -0.481 e. The Bertz CT molecular complexity index is 312. The molecule has 16 heavy (non-hydrogen) atoms. The van der Waals surface area contributed by atoms with Crippen LogP contribution in [-0.2, 0) is 9.59 Å². The van der Waals surface area contributed by atoms with Crippen molar-refractivity contribution in [2.24, 2.45) is 0 Å². The van der Waals surface area contributed by atoms with Gasteiger partial charge in [0.05, 0.1) is 18.0 Å². The van der Waals surface area contributed by atoms with Gasteiger partial charge < -0.3 is 15.3 Å². The number of carbonyl (C=O) groups excluding carboxylic acids is 1. The van der Waals surface area contributed by atoms with Crippen LogP contribution in [0.25, 0.3) is 0 Å². The fourth-order valence-electron chi connectivity index (χ4n) is 1.84. The van der Waals surface area contributed by atoms with Gasteiger partial charge in [-0.25, -0.2) is 0 Å². The van der Waals surface area contributed by atoms with Crippen LogP contribution in [0.4, 0.5) is 0 Å². The molecule has 0 spiro atoms. The van der Waals surface area contributed by atoms with Gasteiger partial charge in [-0.05, 0) is 13.8 Å². The summed E-state index contributed by atoms with van der Waals surface area (Å²) >= 11 is 0. The molecule has 0 saturated carbocycles. The molecule has 0 radical (unpaired) electrons. The maximum Gasteiger partial charge on any atom is 0.305 e. The van der Waals surface area contributed by atoms with Gasteiger partial charge in [0.2, 0.25) is 5.91 Å². The van der Waals surface area contributed by atoms with Crippen LogP contribution >= 0.6 is 0 Å². The van der Waals surface area contributed by atoms with E-state index in [9.17, 15) is 9.59 Å². The molecular weight excluding hydrogens is 208 g/mol. The van der Waals surface area contributed by atoms with E-state index in [1.165, 1.54) is 0 Å². The van der Waals surface area contributed by atoms with Gasteiger partial charge in [0, 0.05) is 13.1 Å². The summed E-state index contributed by atoms with van der Waals surface area (Å²) in [4.78, 5) is 24.3. The fraction of sp³-hybridized carbons (Fsp3) is 0.636. The summed E-state index contributed by atoms with van der Waals surface area (Å²) in [5.74, 6) is -1.14. The van der Waals surface area contributed by atoms with E-state index in [2.05, 4.69) is 11.9 Å². The minimum absolute atomic E-state index is 0.168. The van der Waals surface area contributed by atoms with Gasteiger partial charge in [-0.3, -0.25) is 9.59 Å². The standard InChI is InChI=1S/C11H18N2O3/c1-4-5-13-10(16)8(6-9(14)15)12-7-11(13,2)3/h4,8,12H,1,5-7H2,2-3H3,(H,14,15). The van der Waals surface area contributed by atoms with E-state index in [1.54, 1.807) is 11.0 Å². The Morgan fingerprint density at radius 2 is 2.38 bits per heavy atom. The van der Waals surface area contributed by atoms with Crippen LogP contribution in [0.2, 0.25) is 0 Å². The summed E-state index contributed by atoms with van der Waals surface area (Å²) in [6, 6.07) is -0.620. The van der Waals surface area contributed by atoms with Crippen LogP contribution in [0, 0.1) is 0 Å². The lowest BCUT2D eigenvalue weighted by Gasteiger charge is -2.45. The molecule has 1 saturated heterocycles. The number of nitrogens with one attached hydrogen (secondary N) is 1. The number of piperazine rings is 1. The number of nitrogens with zero attached hydrogens (tertiary/aromatic N) is 1.